The molecule has 0 radical (unpaired) electrons. The Kier molecular flexibility index (Phi) is 4.85. The topological polar surface area (TPSA) is 112 Å². The Morgan fingerprint density at radius 2 is 1.94 bits per heavy atom. The SMILES string of the molecule is C=C1OC2=CC(=O)C(C)(C)C(CC(=O)OC)C2(C)C12CC(O)C1(C)C2=CC(=O)OC1c1ccoc1. The summed E-state index contributed by atoms with van der Waals surface area (Å²) < 4.78 is 22.2. The number of esters is 2. The number of ketones is 1. The highest BCUT2D eigenvalue weighted by molar-refractivity contribution is 5.97. The van der Waals surface area contributed by atoms with Crippen molar-refractivity contribution in [2.45, 2.75) is 52.7 Å². The molecule has 6 unspecified atom stereocenters. The van der Waals surface area contributed by atoms with E-state index in [4.69, 9.17) is 18.6 Å². The summed E-state index contributed by atoms with van der Waals surface area (Å²) in [4.78, 5) is 38.7. The summed E-state index contributed by atoms with van der Waals surface area (Å²) in [7, 11) is 1.31. The van der Waals surface area contributed by atoms with E-state index in [1.165, 1.54) is 31.8 Å². The molecular weight excluding hydrogens is 452 g/mol. The van der Waals surface area contributed by atoms with E-state index < -0.39 is 51.7 Å². The Balaban J connectivity index is 1.77. The van der Waals surface area contributed by atoms with Crippen molar-refractivity contribution in [1.82, 2.24) is 0 Å². The van der Waals surface area contributed by atoms with E-state index in [1.807, 2.05) is 13.8 Å². The Labute approximate surface area is 203 Å². The van der Waals surface area contributed by atoms with Crippen molar-refractivity contribution >= 4 is 17.7 Å². The van der Waals surface area contributed by atoms with Crippen LogP contribution in [0.2, 0.25) is 0 Å². The third kappa shape index (κ3) is 2.69. The van der Waals surface area contributed by atoms with Crippen LogP contribution in [0.4, 0.5) is 0 Å². The van der Waals surface area contributed by atoms with Gasteiger partial charge in [0.25, 0.3) is 0 Å². The van der Waals surface area contributed by atoms with Crippen LogP contribution >= 0.6 is 0 Å². The number of hydrogen-bond acceptors (Lipinski definition) is 8. The Morgan fingerprint density at radius 1 is 1.23 bits per heavy atom. The molecule has 4 aliphatic rings. The van der Waals surface area contributed by atoms with Crippen LogP contribution in [0.15, 0.2) is 58.8 Å². The third-order valence-electron chi connectivity index (χ3n) is 9.29. The van der Waals surface area contributed by atoms with Gasteiger partial charge in [-0.15, -0.1) is 0 Å². The van der Waals surface area contributed by atoms with Crippen LogP contribution in [0.25, 0.3) is 0 Å². The van der Waals surface area contributed by atoms with Gasteiger partial charge in [0, 0.05) is 28.5 Å². The summed E-state index contributed by atoms with van der Waals surface area (Å²) >= 11 is 0. The fourth-order valence-corrected chi connectivity index (χ4v) is 7.21. The molecule has 8 heteroatoms. The first kappa shape index (κ1) is 23.6. The van der Waals surface area contributed by atoms with Crippen LogP contribution in [0.3, 0.4) is 0 Å². The minimum Gasteiger partial charge on any atom is -0.472 e. The van der Waals surface area contributed by atoms with E-state index in [9.17, 15) is 19.5 Å². The highest BCUT2D eigenvalue weighted by atomic mass is 16.5. The highest BCUT2D eigenvalue weighted by Gasteiger charge is 2.76. The number of hydrogen-bond donors (Lipinski definition) is 1. The van der Waals surface area contributed by atoms with Gasteiger partial charge in [-0.2, -0.15) is 0 Å². The number of methoxy groups -OCH3 is 1. The number of carbonyl (C=O) groups excluding carboxylic acids is 3. The molecule has 2 aliphatic heterocycles. The van der Waals surface area contributed by atoms with Crippen molar-refractivity contribution in [2.24, 2.45) is 27.6 Å². The van der Waals surface area contributed by atoms with Crippen LogP contribution < -0.4 is 0 Å². The molecule has 3 heterocycles. The monoisotopic (exact) mass is 482 g/mol. The van der Waals surface area contributed by atoms with Gasteiger partial charge < -0.3 is 23.7 Å². The van der Waals surface area contributed by atoms with E-state index in [0.29, 0.717) is 22.7 Å². The van der Waals surface area contributed by atoms with Gasteiger partial charge in [0.05, 0.1) is 43.0 Å². The van der Waals surface area contributed by atoms with Gasteiger partial charge in [-0.3, -0.25) is 9.59 Å². The van der Waals surface area contributed by atoms with Crippen molar-refractivity contribution in [3.05, 3.63) is 60.0 Å². The molecule has 1 saturated carbocycles. The molecule has 0 bridgehead atoms. The second kappa shape index (κ2) is 7.20. The lowest BCUT2D eigenvalue weighted by Gasteiger charge is -2.53. The first-order valence-corrected chi connectivity index (χ1v) is 11.7. The summed E-state index contributed by atoms with van der Waals surface area (Å²) in [5.74, 6) is -1.02. The smallest absolute Gasteiger partial charge is 0.331 e. The summed E-state index contributed by atoms with van der Waals surface area (Å²) in [6.45, 7) is 11.6. The van der Waals surface area contributed by atoms with Crippen LogP contribution in [-0.2, 0) is 28.6 Å². The number of aliphatic hydroxyl groups is 1. The Hall–Kier alpha value is -3.13. The van der Waals surface area contributed by atoms with Gasteiger partial charge in [0.1, 0.15) is 17.6 Å². The quantitative estimate of drug-likeness (QED) is 0.648. The van der Waals surface area contributed by atoms with Gasteiger partial charge in [0.15, 0.2) is 5.78 Å². The number of ether oxygens (including phenoxy) is 3. The van der Waals surface area contributed by atoms with Gasteiger partial charge in [0.2, 0.25) is 0 Å². The number of furan rings is 1. The van der Waals surface area contributed by atoms with Crippen molar-refractivity contribution in [3.63, 3.8) is 0 Å². The van der Waals surface area contributed by atoms with Crippen LogP contribution in [0.1, 0.15) is 52.2 Å². The van der Waals surface area contributed by atoms with Crippen molar-refractivity contribution < 1.29 is 38.1 Å². The van der Waals surface area contributed by atoms with E-state index in [2.05, 4.69) is 6.58 Å². The largest absolute Gasteiger partial charge is 0.472 e. The fraction of sp³-hybridized carbons (Fsp3) is 0.519. The molecule has 35 heavy (non-hydrogen) atoms. The zero-order chi connectivity index (χ0) is 25.6. The predicted molar refractivity (Wildman–Crippen MR) is 122 cm³/mol. The number of rotatable bonds is 3. The van der Waals surface area contributed by atoms with E-state index in [0.717, 1.165) is 0 Å². The molecule has 8 nitrogen and oxygen atoms in total. The summed E-state index contributed by atoms with van der Waals surface area (Å²) in [5, 5.41) is 11.6. The minimum absolute atomic E-state index is 0.0445. The lowest BCUT2D eigenvalue weighted by Crippen LogP contribution is -2.54. The summed E-state index contributed by atoms with van der Waals surface area (Å²) in [6, 6.07) is 1.71. The predicted octanol–water partition coefficient (Wildman–Crippen LogP) is 3.78. The first-order chi connectivity index (χ1) is 16.3. The number of allylic oxidation sites excluding steroid dienone is 3. The maximum absolute atomic E-state index is 13.2. The molecule has 186 valence electrons. The zero-order valence-electron chi connectivity index (χ0n) is 20.5. The number of aliphatic hydroxyl groups excluding tert-OH is 1. The Bertz CT molecular complexity index is 1200. The molecule has 1 aromatic rings. The minimum atomic E-state index is -1.06. The summed E-state index contributed by atoms with van der Waals surface area (Å²) in [6.07, 6.45) is 4.27. The second-order valence-corrected chi connectivity index (χ2v) is 11.0. The van der Waals surface area contributed by atoms with Crippen LogP contribution in [-0.4, -0.2) is 36.0 Å². The molecular formula is C27H30O8. The normalized spacial score (nSPS) is 39.4. The number of cyclic esters (lactones) is 1. The molecule has 1 spiro atoms. The van der Waals surface area contributed by atoms with E-state index in [-0.39, 0.29) is 18.6 Å². The standard InChI is InChI=1S/C27H30O8/c1-14-27(26(5)16(9-21(30)32-6)24(2,3)18(28)11-20(26)34-14)12-19(29)25(4)17(27)10-22(31)35-23(25)15-7-8-33-13-15/h7-8,10-11,13,16,19,23,29H,1,9,12H2,2-6H3. The van der Waals surface area contributed by atoms with Crippen molar-refractivity contribution in [2.75, 3.05) is 7.11 Å². The molecule has 2 aliphatic carbocycles. The molecule has 0 aromatic carbocycles. The fourth-order valence-electron chi connectivity index (χ4n) is 7.21. The zero-order valence-corrected chi connectivity index (χ0v) is 20.5. The maximum Gasteiger partial charge on any atom is 0.331 e. The molecule has 0 amide bonds. The van der Waals surface area contributed by atoms with Gasteiger partial charge in [-0.05, 0) is 30.9 Å². The molecule has 1 saturated heterocycles. The molecule has 1 aromatic heterocycles. The molecule has 1 N–H and O–H groups in total. The highest BCUT2D eigenvalue weighted by Crippen LogP contribution is 2.77. The van der Waals surface area contributed by atoms with Gasteiger partial charge in [-0.1, -0.05) is 27.4 Å². The van der Waals surface area contributed by atoms with Gasteiger partial charge >= 0.3 is 11.9 Å². The van der Waals surface area contributed by atoms with E-state index >= 15 is 0 Å². The lowest BCUT2D eigenvalue weighted by atomic mass is 9.46. The summed E-state index contributed by atoms with van der Waals surface area (Å²) in [5.41, 5.74) is -2.76. The first-order valence-electron chi connectivity index (χ1n) is 11.7. The molecule has 2 fully saturated rings. The molecule has 6 atom stereocenters. The van der Waals surface area contributed by atoms with Crippen molar-refractivity contribution in [1.29, 1.82) is 0 Å². The third-order valence-corrected chi connectivity index (χ3v) is 9.29. The van der Waals surface area contributed by atoms with E-state index in [1.54, 1.807) is 19.9 Å². The maximum atomic E-state index is 13.2. The number of fused-ring (bicyclic) bond motifs is 4. The number of carbonyl (C=O) groups is 3. The van der Waals surface area contributed by atoms with Crippen LogP contribution in [0.5, 0.6) is 0 Å². The average Bonchev–Trinajstić information content (AvgIpc) is 3.46. The van der Waals surface area contributed by atoms with Crippen LogP contribution in [0, 0.1) is 27.6 Å². The average molecular weight is 483 g/mol. The lowest BCUT2D eigenvalue weighted by molar-refractivity contribution is -0.156. The molecule has 5 rings (SSSR count). The second-order valence-electron chi connectivity index (χ2n) is 11.0. The van der Waals surface area contributed by atoms with Gasteiger partial charge in [-0.25, -0.2) is 4.79 Å². The Morgan fingerprint density at radius 3 is 2.57 bits per heavy atom. The van der Waals surface area contributed by atoms with Crippen molar-refractivity contribution in [3.8, 4) is 0 Å².